The smallest absolute Gasteiger partial charge is 0.179 e. The highest BCUT2D eigenvalue weighted by atomic mass is 32.2. The molecule has 0 bridgehead atoms. The van der Waals surface area contributed by atoms with Crippen molar-refractivity contribution in [3.8, 4) is 22.8 Å². The number of nitrogens with two attached hydrogens (primary N) is 1. The van der Waals surface area contributed by atoms with Gasteiger partial charge in [-0.05, 0) is 6.07 Å². The lowest BCUT2D eigenvalue weighted by molar-refractivity contribution is 0.388. The number of nitrogens with zero attached hydrogens (tertiary/aromatic N) is 1. The van der Waals surface area contributed by atoms with Crippen molar-refractivity contribution in [1.29, 1.82) is 0 Å². The normalized spacial score (nSPS) is 11.3. The standard InChI is InChI=1S/C12H14N2O5S/c1-17-7-4-8(9-6-11(13)14-19-9)12(18-2)10(5-7)20(3,15)16/h4-6H,1-3H3,(H2,13,14). The van der Waals surface area contributed by atoms with Crippen molar-refractivity contribution in [1.82, 2.24) is 5.16 Å². The predicted molar refractivity (Wildman–Crippen MR) is 72.6 cm³/mol. The lowest BCUT2D eigenvalue weighted by Gasteiger charge is -2.12. The van der Waals surface area contributed by atoms with Crippen LogP contribution in [0.3, 0.4) is 0 Å². The van der Waals surface area contributed by atoms with E-state index < -0.39 is 9.84 Å². The van der Waals surface area contributed by atoms with Gasteiger partial charge in [-0.25, -0.2) is 8.42 Å². The van der Waals surface area contributed by atoms with Crippen LogP contribution in [-0.4, -0.2) is 34.0 Å². The second-order valence-corrected chi connectivity index (χ2v) is 6.08. The van der Waals surface area contributed by atoms with E-state index in [2.05, 4.69) is 5.16 Å². The minimum absolute atomic E-state index is 0.00400. The largest absolute Gasteiger partial charge is 0.497 e. The summed E-state index contributed by atoms with van der Waals surface area (Å²) in [6.45, 7) is 0. The SMILES string of the molecule is COc1cc(-c2cc(N)no2)c(OC)c(S(C)(=O)=O)c1. The first kappa shape index (κ1) is 14.2. The number of anilines is 1. The molecule has 0 fully saturated rings. The third kappa shape index (κ3) is 2.55. The molecule has 0 amide bonds. The van der Waals surface area contributed by atoms with E-state index in [4.69, 9.17) is 19.7 Å². The zero-order valence-corrected chi connectivity index (χ0v) is 12.0. The molecule has 2 N–H and O–H groups in total. The Balaban J connectivity index is 2.79. The molecule has 2 aromatic rings. The third-order valence-electron chi connectivity index (χ3n) is 2.66. The maximum Gasteiger partial charge on any atom is 0.179 e. The summed E-state index contributed by atoms with van der Waals surface area (Å²) in [6, 6.07) is 4.45. The summed E-state index contributed by atoms with van der Waals surface area (Å²) in [5.74, 6) is 0.995. The summed E-state index contributed by atoms with van der Waals surface area (Å²) in [7, 11) is -0.689. The van der Waals surface area contributed by atoms with Crippen LogP contribution in [-0.2, 0) is 9.84 Å². The van der Waals surface area contributed by atoms with Crippen LogP contribution in [0.15, 0.2) is 27.6 Å². The highest BCUT2D eigenvalue weighted by molar-refractivity contribution is 7.90. The molecule has 0 spiro atoms. The maximum atomic E-state index is 11.9. The molecule has 108 valence electrons. The molecular formula is C12H14N2O5S. The first-order valence-electron chi connectivity index (χ1n) is 5.55. The van der Waals surface area contributed by atoms with Crippen LogP contribution >= 0.6 is 0 Å². The summed E-state index contributed by atoms with van der Waals surface area (Å²) in [5, 5.41) is 3.57. The predicted octanol–water partition coefficient (Wildman–Crippen LogP) is 1.34. The number of nitrogen functional groups attached to an aromatic ring is 1. The lowest BCUT2D eigenvalue weighted by atomic mass is 10.1. The van der Waals surface area contributed by atoms with E-state index in [1.807, 2.05) is 0 Å². The number of ether oxygens (including phenoxy) is 2. The number of benzene rings is 1. The Labute approximate surface area is 116 Å². The summed E-state index contributed by atoms with van der Waals surface area (Å²) >= 11 is 0. The molecule has 0 saturated heterocycles. The highest BCUT2D eigenvalue weighted by Crippen LogP contribution is 2.39. The van der Waals surface area contributed by atoms with Crippen LogP contribution in [0.25, 0.3) is 11.3 Å². The second-order valence-electron chi connectivity index (χ2n) is 4.09. The minimum atomic E-state index is -3.50. The molecule has 0 radical (unpaired) electrons. The van der Waals surface area contributed by atoms with Crippen molar-refractivity contribution in [2.75, 3.05) is 26.2 Å². The van der Waals surface area contributed by atoms with E-state index in [-0.39, 0.29) is 16.5 Å². The maximum absolute atomic E-state index is 11.9. The Morgan fingerprint density at radius 2 is 1.90 bits per heavy atom. The summed E-state index contributed by atoms with van der Waals surface area (Å²) < 4.78 is 39.1. The first-order valence-corrected chi connectivity index (χ1v) is 7.44. The number of sulfone groups is 1. The van der Waals surface area contributed by atoms with E-state index in [1.54, 1.807) is 6.07 Å². The van der Waals surface area contributed by atoms with E-state index in [0.29, 0.717) is 17.1 Å². The fourth-order valence-corrected chi connectivity index (χ4v) is 2.64. The van der Waals surface area contributed by atoms with E-state index in [9.17, 15) is 8.42 Å². The molecule has 0 aliphatic carbocycles. The van der Waals surface area contributed by atoms with Crippen molar-refractivity contribution in [2.45, 2.75) is 4.90 Å². The monoisotopic (exact) mass is 298 g/mol. The number of aromatic nitrogens is 1. The van der Waals surface area contributed by atoms with Crippen molar-refractivity contribution in [3.63, 3.8) is 0 Å². The van der Waals surface area contributed by atoms with Gasteiger partial charge in [-0.1, -0.05) is 5.16 Å². The van der Waals surface area contributed by atoms with Gasteiger partial charge >= 0.3 is 0 Å². The molecule has 1 aromatic heterocycles. The van der Waals surface area contributed by atoms with Crippen LogP contribution in [0, 0.1) is 0 Å². The zero-order valence-electron chi connectivity index (χ0n) is 11.2. The van der Waals surface area contributed by atoms with Crippen LogP contribution in [0.4, 0.5) is 5.82 Å². The average molecular weight is 298 g/mol. The Kier molecular flexibility index (Phi) is 3.58. The van der Waals surface area contributed by atoms with Crippen molar-refractivity contribution in [2.24, 2.45) is 0 Å². The second kappa shape index (κ2) is 5.04. The molecule has 0 aliphatic rings. The fourth-order valence-electron chi connectivity index (χ4n) is 1.78. The Morgan fingerprint density at radius 1 is 1.20 bits per heavy atom. The van der Waals surface area contributed by atoms with Crippen molar-refractivity contribution < 1.29 is 22.4 Å². The minimum Gasteiger partial charge on any atom is -0.497 e. The van der Waals surface area contributed by atoms with Gasteiger partial charge in [0.05, 0.1) is 19.8 Å². The number of rotatable bonds is 4. The van der Waals surface area contributed by atoms with Gasteiger partial charge in [-0.15, -0.1) is 0 Å². The molecule has 2 rings (SSSR count). The van der Waals surface area contributed by atoms with E-state index in [0.717, 1.165) is 6.26 Å². The van der Waals surface area contributed by atoms with Gasteiger partial charge in [0.1, 0.15) is 16.4 Å². The van der Waals surface area contributed by atoms with Gasteiger partial charge in [0, 0.05) is 18.4 Å². The number of methoxy groups -OCH3 is 2. The van der Waals surface area contributed by atoms with Crippen LogP contribution in [0.2, 0.25) is 0 Å². The van der Waals surface area contributed by atoms with Crippen LogP contribution in [0.5, 0.6) is 11.5 Å². The van der Waals surface area contributed by atoms with Crippen LogP contribution in [0.1, 0.15) is 0 Å². The first-order chi connectivity index (χ1) is 9.36. The van der Waals surface area contributed by atoms with Crippen molar-refractivity contribution in [3.05, 3.63) is 18.2 Å². The van der Waals surface area contributed by atoms with Gasteiger partial charge < -0.3 is 19.7 Å². The Hall–Kier alpha value is -2.22. The molecule has 0 unspecified atom stereocenters. The molecule has 1 heterocycles. The van der Waals surface area contributed by atoms with Gasteiger partial charge in [-0.2, -0.15) is 0 Å². The number of hydrogen-bond acceptors (Lipinski definition) is 7. The fraction of sp³-hybridized carbons (Fsp3) is 0.250. The zero-order chi connectivity index (χ0) is 14.9. The highest BCUT2D eigenvalue weighted by Gasteiger charge is 2.22. The number of hydrogen-bond donors (Lipinski definition) is 1. The molecule has 8 heteroatoms. The van der Waals surface area contributed by atoms with Gasteiger partial charge in [0.25, 0.3) is 0 Å². The summed E-state index contributed by atoms with van der Waals surface area (Å²) in [6.07, 6.45) is 1.09. The van der Waals surface area contributed by atoms with E-state index >= 15 is 0 Å². The van der Waals surface area contributed by atoms with Crippen molar-refractivity contribution >= 4 is 15.7 Å². The molecule has 1 aromatic carbocycles. The van der Waals surface area contributed by atoms with E-state index in [1.165, 1.54) is 26.4 Å². The Morgan fingerprint density at radius 3 is 2.35 bits per heavy atom. The molecule has 0 aliphatic heterocycles. The average Bonchev–Trinajstić information content (AvgIpc) is 2.82. The summed E-state index contributed by atoms with van der Waals surface area (Å²) in [5.41, 5.74) is 5.91. The van der Waals surface area contributed by atoms with Gasteiger partial charge in [0.2, 0.25) is 0 Å². The van der Waals surface area contributed by atoms with Crippen LogP contribution < -0.4 is 15.2 Å². The summed E-state index contributed by atoms with van der Waals surface area (Å²) in [4.78, 5) is 0.00400. The lowest BCUT2D eigenvalue weighted by Crippen LogP contribution is -2.03. The quantitative estimate of drug-likeness (QED) is 0.908. The Bertz CT molecular complexity index is 736. The molecule has 0 atom stereocenters. The molecular weight excluding hydrogens is 284 g/mol. The van der Waals surface area contributed by atoms with Gasteiger partial charge in [0.15, 0.2) is 21.4 Å². The topological polar surface area (TPSA) is 105 Å². The van der Waals surface area contributed by atoms with Gasteiger partial charge in [-0.3, -0.25) is 0 Å². The molecule has 7 nitrogen and oxygen atoms in total. The molecule has 0 saturated carbocycles. The molecule has 20 heavy (non-hydrogen) atoms. The third-order valence-corrected chi connectivity index (χ3v) is 3.76.